The van der Waals surface area contributed by atoms with E-state index in [2.05, 4.69) is 16.0 Å². The number of anilines is 1. The molecule has 31 heavy (non-hydrogen) atoms. The molecule has 2 rings (SSSR count). The van der Waals surface area contributed by atoms with E-state index in [9.17, 15) is 18.8 Å². The van der Waals surface area contributed by atoms with E-state index >= 15 is 0 Å². The first-order valence-electron chi connectivity index (χ1n) is 9.99. The van der Waals surface area contributed by atoms with Gasteiger partial charge in [-0.2, -0.15) is 0 Å². The average Bonchev–Trinajstić information content (AvgIpc) is 2.67. The van der Waals surface area contributed by atoms with Crippen LogP contribution in [-0.2, 0) is 27.3 Å². The van der Waals surface area contributed by atoms with Crippen LogP contribution in [0.3, 0.4) is 0 Å². The van der Waals surface area contributed by atoms with Crippen molar-refractivity contribution < 1.29 is 23.5 Å². The number of halogens is 1. The van der Waals surface area contributed by atoms with Crippen LogP contribution in [0.4, 0.5) is 14.9 Å². The minimum Gasteiger partial charge on any atom is -0.444 e. The number of carbonyl (C=O) groups is 3. The van der Waals surface area contributed by atoms with E-state index in [-0.39, 0.29) is 37.7 Å². The number of alkyl carbamates (subject to hydrolysis) is 1. The van der Waals surface area contributed by atoms with Gasteiger partial charge in [-0.05, 0) is 44.0 Å². The van der Waals surface area contributed by atoms with Crippen molar-refractivity contribution in [1.82, 2.24) is 10.6 Å². The minimum absolute atomic E-state index is 0.0844. The molecule has 0 aromatic heterocycles. The second kappa shape index (κ2) is 11.1. The van der Waals surface area contributed by atoms with Crippen LogP contribution in [0.1, 0.15) is 38.3 Å². The Kier molecular flexibility index (Phi) is 8.54. The lowest BCUT2D eigenvalue weighted by Gasteiger charge is -2.19. The van der Waals surface area contributed by atoms with Crippen LogP contribution in [-0.4, -0.2) is 30.1 Å². The molecule has 166 valence electrons. The Bertz CT molecular complexity index is 925. The summed E-state index contributed by atoms with van der Waals surface area (Å²) >= 11 is 0. The molecule has 0 aliphatic carbocycles. The predicted octanol–water partition coefficient (Wildman–Crippen LogP) is 3.54. The normalized spacial score (nSPS) is 10.8. The fourth-order valence-electron chi connectivity index (χ4n) is 2.68. The maximum atomic E-state index is 13.7. The summed E-state index contributed by atoms with van der Waals surface area (Å²) in [6.45, 7) is 5.60. The maximum Gasteiger partial charge on any atom is 0.407 e. The first-order chi connectivity index (χ1) is 14.6. The van der Waals surface area contributed by atoms with Crippen LogP contribution < -0.4 is 16.0 Å². The highest BCUT2D eigenvalue weighted by Gasteiger charge is 2.16. The molecule has 2 aromatic carbocycles. The van der Waals surface area contributed by atoms with Crippen molar-refractivity contribution in [3.63, 3.8) is 0 Å². The molecular weight excluding hydrogens is 401 g/mol. The van der Waals surface area contributed by atoms with Crippen molar-refractivity contribution in [3.05, 3.63) is 65.5 Å². The number of benzene rings is 2. The third-order valence-corrected chi connectivity index (χ3v) is 4.10. The lowest BCUT2D eigenvalue weighted by atomic mass is 10.1. The molecule has 0 heterocycles. The molecule has 0 aliphatic heterocycles. The van der Waals surface area contributed by atoms with Crippen LogP contribution in [0.25, 0.3) is 0 Å². The minimum atomic E-state index is -0.604. The van der Waals surface area contributed by atoms with E-state index in [0.29, 0.717) is 16.8 Å². The van der Waals surface area contributed by atoms with Crippen molar-refractivity contribution in [2.75, 3.05) is 11.9 Å². The van der Waals surface area contributed by atoms with Gasteiger partial charge in [0.15, 0.2) is 0 Å². The fraction of sp³-hybridized carbons (Fsp3) is 0.348. The number of hydrogen-bond donors (Lipinski definition) is 3. The molecule has 0 saturated carbocycles. The molecule has 3 amide bonds. The van der Waals surface area contributed by atoms with Gasteiger partial charge in [0.2, 0.25) is 11.8 Å². The van der Waals surface area contributed by atoms with E-state index in [0.717, 1.165) is 0 Å². The summed E-state index contributed by atoms with van der Waals surface area (Å²) in [5.41, 5.74) is 0.948. The van der Waals surface area contributed by atoms with E-state index < -0.39 is 17.5 Å². The molecule has 0 radical (unpaired) electrons. The van der Waals surface area contributed by atoms with Crippen molar-refractivity contribution >= 4 is 23.6 Å². The first kappa shape index (κ1) is 23.9. The second-order valence-electron chi connectivity index (χ2n) is 7.93. The van der Waals surface area contributed by atoms with Crippen LogP contribution in [0.2, 0.25) is 0 Å². The molecule has 0 bridgehead atoms. The zero-order valence-corrected chi connectivity index (χ0v) is 18.0. The molecule has 0 saturated heterocycles. The monoisotopic (exact) mass is 429 g/mol. The van der Waals surface area contributed by atoms with E-state index in [1.165, 1.54) is 6.07 Å². The molecule has 0 unspecified atom stereocenters. The van der Waals surface area contributed by atoms with Gasteiger partial charge in [0.25, 0.3) is 0 Å². The van der Waals surface area contributed by atoms with Crippen LogP contribution in [0, 0.1) is 5.82 Å². The van der Waals surface area contributed by atoms with E-state index in [1.54, 1.807) is 63.2 Å². The topological polar surface area (TPSA) is 96.5 Å². The summed E-state index contributed by atoms with van der Waals surface area (Å²) in [5.74, 6) is -1.05. The Morgan fingerprint density at radius 1 is 0.903 bits per heavy atom. The Hall–Kier alpha value is -3.42. The lowest BCUT2D eigenvalue weighted by Crippen LogP contribution is -2.35. The highest BCUT2D eigenvalue weighted by molar-refractivity contribution is 5.93. The Labute approximate surface area is 181 Å². The van der Waals surface area contributed by atoms with Gasteiger partial charge in [-0.1, -0.05) is 36.4 Å². The summed E-state index contributed by atoms with van der Waals surface area (Å²) in [6.07, 6.45) is -0.590. The van der Waals surface area contributed by atoms with Gasteiger partial charge in [0, 0.05) is 25.2 Å². The first-order valence-corrected chi connectivity index (χ1v) is 9.99. The summed E-state index contributed by atoms with van der Waals surface area (Å²) in [5, 5.41) is 8.03. The zero-order valence-electron chi connectivity index (χ0n) is 18.0. The Morgan fingerprint density at radius 3 is 2.23 bits per heavy atom. The number of hydrogen-bond acceptors (Lipinski definition) is 4. The summed E-state index contributed by atoms with van der Waals surface area (Å²) < 4.78 is 18.9. The molecule has 0 aliphatic rings. The molecule has 0 spiro atoms. The third-order valence-electron chi connectivity index (χ3n) is 4.10. The maximum absolute atomic E-state index is 13.7. The highest BCUT2D eigenvalue weighted by Crippen LogP contribution is 2.16. The van der Waals surface area contributed by atoms with Crippen molar-refractivity contribution in [2.24, 2.45) is 0 Å². The molecule has 3 N–H and O–H groups in total. The summed E-state index contributed by atoms with van der Waals surface area (Å²) in [6, 6.07) is 13.1. The number of ether oxygens (including phenoxy) is 1. The Morgan fingerprint density at radius 2 is 1.55 bits per heavy atom. The van der Waals surface area contributed by atoms with Gasteiger partial charge in [-0.3, -0.25) is 9.59 Å². The predicted molar refractivity (Wildman–Crippen MR) is 116 cm³/mol. The van der Waals surface area contributed by atoms with Gasteiger partial charge in [0.1, 0.15) is 11.4 Å². The van der Waals surface area contributed by atoms with Gasteiger partial charge >= 0.3 is 6.09 Å². The molecular formula is C23H28FN3O4. The van der Waals surface area contributed by atoms with Crippen molar-refractivity contribution in [3.8, 4) is 0 Å². The van der Waals surface area contributed by atoms with Crippen molar-refractivity contribution in [1.29, 1.82) is 0 Å². The number of amides is 3. The lowest BCUT2D eigenvalue weighted by molar-refractivity contribution is -0.121. The van der Waals surface area contributed by atoms with Crippen LogP contribution >= 0.6 is 0 Å². The molecule has 2 aromatic rings. The molecule has 8 heteroatoms. The smallest absolute Gasteiger partial charge is 0.407 e. The number of rotatable bonds is 8. The Balaban J connectivity index is 1.82. The molecule has 0 fully saturated rings. The van der Waals surface area contributed by atoms with E-state index in [4.69, 9.17) is 4.74 Å². The van der Waals surface area contributed by atoms with Crippen LogP contribution in [0.5, 0.6) is 0 Å². The van der Waals surface area contributed by atoms with Crippen molar-refractivity contribution in [2.45, 2.75) is 45.8 Å². The number of para-hydroxylation sites is 1. The van der Waals surface area contributed by atoms with E-state index in [1.807, 2.05) is 0 Å². The van der Waals surface area contributed by atoms with Gasteiger partial charge in [0.05, 0.1) is 6.42 Å². The largest absolute Gasteiger partial charge is 0.444 e. The summed E-state index contributed by atoms with van der Waals surface area (Å²) in [7, 11) is 0. The van der Waals surface area contributed by atoms with Crippen LogP contribution in [0.15, 0.2) is 48.5 Å². The molecule has 7 nitrogen and oxygen atoms in total. The quantitative estimate of drug-likeness (QED) is 0.598. The highest BCUT2D eigenvalue weighted by atomic mass is 19.1. The standard InChI is InChI=1S/C23H28FN3O4/c1-23(2,3)31-22(30)25-13-12-20(28)26-15-17-9-5-7-11-19(17)27-21(29)14-16-8-4-6-10-18(16)24/h4-11H,12-15H2,1-3H3,(H,25,30)(H,26,28)(H,27,29). The average molecular weight is 429 g/mol. The molecule has 0 atom stereocenters. The van der Waals surface area contributed by atoms with Gasteiger partial charge < -0.3 is 20.7 Å². The van der Waals surface area contributed by atoms with Gasteiger partial charge in [-0.25, -0.2) is 9.18 Å². The summed E-state index contributed by atoms with van der Waals surface area (Å²) in [4.78, 5) is 36.0. The van der Waals surface area contributed by atoms with Gasteiger partial charge in [-0.15, -0.1) is 0 Å². The number of carbonyl (C=O) groups excluding carboxylic acids is 3. The second-order valence-corrected chi connectivity index (χ2v) is 7.93. The number of nitrogens with one attached hydrogen (secondary N) is 3. The third kappa shape index (κ3) is 8.86. The SMILES string of the molecule is CC(C)(C)OC(=O)NCCC(=O)NCc1ccccc1NC(=O)Cc1ccccc1F. The fourth-order valence-corrected chi connectivity index (χ4v) is 2.68. The zero-order chi connectivity index (χ0) is 22.9.